The summed E-state index contributed by atoms with van der Waals surface area (Å²) in [5, 5.41) is 0. The van der Waals surface area contributed by atoms with Crippen molar-refractivity contribution in [1.29, 1.82) is 0 Å². The number of fused-ring (bicyclic) bond motifs is 1. The first-order valence-electron chi connectivity index (χ1n) is 6.09. The number of nitrogens with zero attached hydrogens (tertiary/aromatic N) is 1. The van der Waals surface area contributed by atoms with Crippen LogP contribution in [0.4, 0.5) is 0 Å². The van der Waals surface area contributed by atoms with E-state index in [4.69, 9.17) is 11.6 Å². The van der Waals surface area contributed by atoms with Crippen LogP contribution in [-0.4, -0.2) is 29.3 Å². The number of amides is 1. The summed E-state index contributed by atoms with van der Waals surface area (Å²) in [6.07, 6.45) is 6.27. The zero-order valence-corrected chi connectivity index (χ0v) is 10.2. The number of hydrogen-bond acceptors (Lipinski definition) is 1. The van der Waals surface area contributed by atoms with Gasteiger partial charge in [-0.15, -0.1) is 11.6 Å². The summed E-state index contributed by atoms with van der Waals surface area (Å²) in [5.74, 6) is 1.81. The predicted octanol–water partition coefficient (Wildman–Crippen LogP) is 2.65. The van der Waals surface area contributed by atoms with Crippen molar-refractivity contribution in [3.8, 4) is 0 Å². The van der Waals surface area contributed by atoms with Crippen LogP contribution in [0.2, 0.25) is 0 Å². The number of rotatable bonds is 1. The Morgan fingerprint density at radius 1 is 1.33 bits per heavy atom. The molecule has 2 fully saturated rings. The topological polar surface area (TPSA) is 20.3 Å². The molecule has 1 saturated carbocycles. The monoisotopic (exact) mass is 229 g/mol. The molecule has 3 heteroatoms. The first-order valence-corrected chi connectivity index (χ1v) is 6.63. The van der Waals surface area contributed by atoms with Gasteiger partial charge in [0.25, 0.3) is 0 Å². The molecular formula is C12H20ClNO. The molecule has 0 aromatic carbocycles. The molecular weight excluding hydrogens is 210 g/mol. The van der Waals surface area contributed by atoms with Crippen molar-refractivity contribution in [2.45, 2.75) is 45.1 Å². The first kappa shape index (κ1) is 11.3. The van der Waals surface area contributed by atoms with Crippen LogP contribution in [0.3, 0.4) is 0 Å². The van der Waals surface area contributed by atoms with Crippen LogP contribution in [0.25, 0.3) is 0 Å². The Balaban J connectivity index is 2.10. The third-order valence-corrected chi connectivity index (χ3v) is 4.40. The van der Waals surface area contributed by atoms with E-state index in [-0.39, 0.29) is 11.8 Å². The van der Waals surface area contributed by atoms with Crippen LogP contribution in [0.1, 0.15) is 39.0 Å². The Morgan fingerprint density at radius 2 is 2.07 bits per heavy atom. The second-order valence-electron chi connectivity index (χ2n) is 5.00. The maximum Gasteiger partial charge on any atom is 0.237 e. The van der Waals surface area contributed by atoms with Crippen molar-refractivity contribution in [3.63, 3.8) is 0 Å². The number of carbonyl (C=O) groups is 1. The van der Waals surface area contributed by atoms with Gasteiger partial charge in [-0.25, -0.2) is 0 Å². The SMILES string of the molecule is C[C@H]1CCN(C(=O)CCl)[C@@H]2CCCC[C@@H]21. The van der Waals surface area contributed by atoms with Crippen molar-refractivity contribution < 1.29 is 4.79 Å². The summed E-state index contributed by atoms with van der Waals surface area (Å²) in [4.78, 5) is 13.8. The van der Waals surface area contributed by atoms with E-state index in [0.29, 0.717) is 6.04 Å². The number of likely N-dealkylation sites (tertiary alicyclic amines) is 1. The van der Waals surface area contributed by atoms with E-state index in [1.807, 2.05) is 0 Å². The molecule has 0 radical (unpaired) electrons. The molecule has 15 heavy (non-hydrogen) atoms. The lowest BCUT2D eigenvalue weighted by Crippen LogP contribution is -2.52. The molecule has 1 aliphatic heterocycles. The molecule has 1 heterocycles. The fraction of sp³-hybridized carbons (Fsp3) is 0.917. The maximum absolute atomic E-state index is 11.7. The minimum absolute atomic E-state index is 0.139. The molecule has 0 bridgehead atoms. The maximum atomic E-state index is 11.7. The van der Waals surface area contributed by atoms with Crippen molar-refractivity contribution >= 4 is 17.5 Å². The van der Waals surface area contributed by atoms with Gasteiger partial charge in [0.15, 0.2) is 0 Å². The molecule has 2 rings (SSSR count). The number of halogens is 1. The van der Waals surface area contributed by atoms with Crippen molar-refractivity contribution in [1.82, 2.24) is 4.90 Å². The van der Waals surface area contributed by atoms with Crippen molar-refractivity contribution in [2.24, 2.45) is 11.8 Å². The Bertz CT molecular complexity index is 244. The lowest BCUT2D eigenvalue weighted by Gasteiger charge is -2.47. The summed E-state index contributed by atoms with van der Waals surface area (Å²) >= 11 is 5.66. The van der Waals surface area contributed by atoms with E-state index >= 15 is 0 Å². The number of piperidine rings is 1. The Kier molecular flexibility index (Phi) is 3.55. The molecule has 1 aliphatic carbocycles. The van der Waals surface area contributed by atoms with Gasteiger partial charge in [0.1, 0.15) is 5.88 Å². The predicted molar refractivity (Wildman–Crippen MR) is 62.0 cm³/mol. The standard InChI is InChI=1S/C12H20ClNO/c1-9-6-7-14(12(15)8-13)11-5-3-2-4-10(9)11/h9-11H,2-8H2,1H3/t9-,10+,11+/m0/s1. The number of carbonyl (C=O) groups excluding carboxylic acids is 1. The van der Waals surface area contributed by atoms with Gasteiger partial charge in [-0.2, -0.15) is 0 Å². The molecule has 0 unspecified atom stereocenters. The van der Waals surface area contributed by atoms with E-state index in [9.17, 15) is 4.79 Å². The van der Waals surface area contributed by atoms with E-state index < -0.39 is 0 Å². The van der Waals surface area contributed by atoms with Gasteiger partial charge in [-0.1, -0.05) is 19.8 Å². The highest BCUT2D eigenvalue weighted by Crippen LogP contribution is 2.38. The molecule has 86 valence electrons. The number of hydrogen-bond donors (Lipinski definition) is 0. The van der Waals surface area contributed by atoms with Crippen LogP contribution >= 0.6 is 11.6 Å². The van der Waals surface area contributed by atoms with Crippen molar-refractivity contribution in [2.75, 3.05) is 12.4 Å². The van der Waals surface area contributed by atoms with Crippen molar-refractivity contribution in [3.05, 3.63) is 0 Å². The molecule has 2 aliphatic rings. The zero-order valence-electron chi connectivity index (χ0n) is 9.42. The lowest BCUT2D eigenvalue weighted by molar-refractivity contribution is -0.136. The third kappa shape index (κ3) is 2.15. The van der Waals surface area contributed by atoms with Crippen LogP contribution < -0.4 is 0 Å². The molecule has 0 N–H and O–H groups in total. The first-order chi connectivity index (χ1) is 7.24. The second kappa shape index (κ2) is 4.73. The summed E-state index contributed by atoms with van der Waals surface area (Å²) < 4.78 is 0. The Hall–Kier alpha value is -0.240. The lowest BCUT2D eigenvalue weighted by atomic mass is 9.72. The minimum Gasteiger partial charge on any atom is -0.338 e. The van der Waals surface area contributed by atoms with Gasteiger partial charge in [0.05, 0.1) is 0 Å². The second-order valence-corrected chi connectivity index (χ2v) is 5.27. The zero-order chi connectivity index (χ0) is 10.8. The molecule has 2 nitrogen and oxygen atoms in total. The molecule has 0 aromatic heterocycles. The summed E-state index contributed by atoms with van der Waals surface area (Å²) in [6, 6.07) is 0.494. The Labute approximate surface area is 97.0 Å². The van der Waals surface area contributed by atoms with Crippen LogP contribution in [0.5, 0.6) is 0 Å². The van der Waals surface area contributed by atoms with Crippen LogP contribution in [0, 0.1) is 11.8 Å². The fourth-order valence-electron chi connectivity index (χ4n) is 3.30. The smallest absolute Gasteiger partial charge is 0.237 e. The highest BCUT2D eigenvalue weighted by Gasteiger charge is 2.38. The molecule has 1 amide bonds. The molecule has 0 spiro atoms. The van der Waals surface area contributed by atoms with Gasteiger partial charge >= 0.3 is 0 Å². The fourth-order valence-corrected chi connectivity index (χ4v) is 3.45. The van der Waals surface area contributed by atoms with Gasteiger partial charge in [0, 0.05) is 12.6 Å². The van der Waals surface area contributed by atoms with E-state index in [1.165, 1.54) is 25.7 Å². The molecule has 1 saturated heterocycles. The van der Waals surface area contributed by atoms with E-state index in [1.54, 1.807) is 0 Å². The van der Waals surface area contributed by atoms with Crippen LogP contribution in [-0.2, 0) is 4.79 Å². The van der Waals surface area contributed by atoms with Crippen LogP contribution in [0.15, 0.2) is 0 Å². The van der Waals surface area contributed by atoms with Gasteiger partial charge in [-0.05, 0) is 31.1 Å². The van der Waals surface area contributed by atoms with Gasteiger partial charge < -0.3 is 4.90 Å². The Morgan fingerprint density at radius 3 is 2.80 bits per heavy atom. The van der Waals surface area contributed by atoms with E-state index in [0.717, 1.165) is 24.8 Å². The quantitative estimate of drug-likeness (QED) is 0.633. The molecule has 0 aromatic rings. The van der Waals surface area contributed by atoms with Gasteiger partial charge in [0.2, 0.25) is 5.91 Å². The number of alkyl halides is 1. The summed E-state index contributed by atoms with van der Waals surface area (Å²) in [7, 11) is 0. The largest absolute Gasteiger partial charge is 0.338 e. The molecule has 3 atom stereocenters. The van der Waals surface area contributed by atoms with Gasteiger partial charge in [-0.3, -0.25) is 4.79 Å². The minimum atomic E-state index is 0.139. The normalized spacial score (nSPS) is 36.1. The van der Waals surface area contributed by atoms with E-state index in [2.05, 4.69) is 11.8 Å². The summed E-state index contributed by atoms with van der Waals surface area (Å²) in [6.45, 7) is 3.26. The average Bonchev–Trinajstić information content (AvgIpc) is 2.29. The average molecular weight is 230 g/mol. The third-order valence-electron chi connectivity index (χ3n) is 4.17. The summed E-state index contributed by atoms with van der Waals surface area (Å²) in [5.41, 5.74) is 0. The highest BCUT2D eigenvalue weighted by atomic mass is 35.5. The highest BCUT2D eigenvalue weighted by molar-refractivity contribution is 6.27.